The third-order valence-electron chi connectivity index (χ3n) is 1.80. The fraction of sp³-hybridized carbons (Fsp3) is 0.600. The van der Waals surface area contributed by atoms with E-state index in [4.69, 9.17) is 0 Å². The minimum atomic E-state index is 0.691. The van der Waals surface area contributed by atoms with Crippen LogP contribution in [-0.4, -0.2) is 0 Å². The molecule has 0 fully saturated rings. The second kappa shape index (κ2) is 5.28. The smallest absolute Gasteiger partial charge is 0.0236 e. The molecule has 0 saturated carbocycles. The number of hydrogen-bond donors (Lipinski definition) is 0. The summed E-state index contributed by atoms with van der Waals surface area (Å²) in [7, 11) is 0. The zero-order chi connectivity index (χ0) is 7.98. The van der Waals surface area contributed by atoms with E-state index in [0.717, 1.165) is 6.42 Å². The van der Waals surface area contributed by atoms with Crippen molar-refractivity contribution in [1.82, 2.24) is 0 Å². The Morgan fingerprint density at radius 1 is 1.60 bits per heavy atom. The molecule has 0 aliphatic carbocycles. The Morgan fingerprint density at radius 2 is 2.20 bits per heavy atom. The SMILES string of the molecule is C=CC(CC)CCC(=C)C. The molecular formula is C10H18. The van der Waals surface area contributed by atoms with E-state index in [1.807, 2.05) is 6.08 Å². The summed E-state index contributed by atoms with van der Waals surface area (Å²) in [5.41, 5.74) is 1.28. The van der Waals surface area contributed by atoms with Crippen LogP contribution < -0.4 is 0 Å². The molecule has 0 aliphatic rings. The van der Waals surface area contributed by atoms with E-state index in [9.17, 15) is 0 Å². The fourth-order valence-corrected chi connectivity index (χ4v) is 0.920. The summed E-state index contributed by atoms with van der Waals surface area (Å²) in [5.74, 6) is 0.691. The number of hydrogen-bond acceptors (Lipinski definition) is 0. The van der Waals surface area contributed by atoms with Crippen molar-refractivity contribution < 1.29 is 0 Å². The molecule has 0 saturated heterocycles. The average Bonchev–Trinajstić information content (AvgIpc) is 1.90. The van der Waals surface area contributed by atoms with E-state index in [-0.39, 0.29) is 0 Å². The lowest BCUT2D eigenvalue weighted by Crippen LogP contribution is -1.93. The van der Waals surface area contributed by atoms with Gasteiger partial charge in [-0.05, 0) is 32.1 Å². The first kappa shape index (κ1) is 9.48. The summed E-state index contributed by atoms with van der Waals surface area (Å²) in [6, 6.07) is 0. The number of rotatable bonds is 5. The summed E-state index contributed by atoms with van der Waals surface area (Å²) < 4.78 is 0. The highest BCUT2D eigenvalue weighted by atomic mass is 14.0. The van der Waals surface area contributed by atoms with E-state index < -0.39 is 0 Å². The molecule has 1 unspecified atom stereocenters. The maximum Gasteiger partial charge on any atom is -0.0236 e. The Balaban J connectivity index is 3.44. The lowest BCUT2D eigenvalue weighted by Gasteiger charge is -2.07. The number of allylic oxidation sites excluding steroid dienone is 2. The maximum atomic E-state index is 3.86. The summed E-state index contributed by atoms with van der Waals surface area (Å²) >= 11 is 0. The van der Waals surface area contributed by atoms with Crippen LogP contribution in [0.4, 0.5) is 0 Å². The molecule has 0 aromatic rings. The molecule has 0 nitrogen and oxygen atoms in total. The minimum Gasteiger partial charge on any atom is -0.103 e. The second-order valence-corrected chi connectivity index (χ2v) is 2.90. The van der Waals surface area contributed by atoms with Crippen molar-refractivity contribution in [2.75, 3.05) is 0 Å². The molecule has 0 heterocycles. The van der Waals surface area contributed by atoms with Gasteiger partial charge >= 0.3 is 0 Å². The van der Waals surface area contributed by atoms with Gasteiger partial charge in [0.25, 0.3) is 0 Å². The highest BCUT2D eigenvalue weighted by Crippen LogP contribution is 2.14. The average molecular weight is 138 g/mol. The molecule has 0 aliphatic heterocycles. The van der Waals surface area contributed by atoms with E-state index in [2.05, 4.69) is 27.0 Å². The predicted octanol–water partition coefficient (Wildman–Crippen LogP) is 3.55. The molecule has 0 rings (SSSR count). The van der Waals surface area contributed by atoms with E-state index in [0.29, 0.717) is 5.92 Å². The summed E-state index contributed by atoms with van der Waals surface area (Å²) in [6.45, 7) is 11.9. The van der Waals surface area contributed by atoms with Gasteiger partial charge in [-0.3, -0.25) is 0 Å². The fourth-order valence-electron chi connectivity index (χ4n) is 0.920. The molecule has 0 amide bonds. The third-order valence-corrected chi connectivity index (χ3v) is 1.80. The molecule has 10 heavy (non-hydrogen) atoms. The highest BCUT2D eigenvalue weighted by Gasteiger charge is 1.99. The van der Waals surface area contributed by atoms with Gasteiger partial charge in [0.05, 0.1) is 0 Å². The zero-order valence-corrected chi connectivity index (χ0v) is 7.19. The van der Waals surface area contributed by atoms with Crippen LogP contribution in [0.5, 0.6) is 0 Å². The van der Waals surface area contributed by atoms with Gasteiger partial charge in [-0.15, -0.1) is 13.2 Å². The molecule has 0 radical (unpaired) electrons. The molecular weight excluding hydrogens is 120 g/mol. The third kappa shape index (κ3) is 4.37. The van der Waals surface area contributed by atoms with Crippen molar-refractivity contribution in [3.63, 3.8) is 0 Å². The molecule has 0 bridgehead atoms. The summed E-state index contributed by atoms with van der Waals surface area (Å²) in [6.07, 6.45) is 5.61. The summed E-state index contributed by atoms with van der Waals surface area (Å²) in [4.78, 5) is 0. The Kier molecular flexibility index (Phi) is 5.00. The molecule has 1 atom stereocenters. The van der Waals surface area contributed by atoms with Crippen LogP contribution in [0.15, 0.2) is 24.8 Å². The van der Waals surface area contributed by atoms with Gasteiger partial charge in [-0.1, -0.05) is 18.6 Å². The molecule has 0 N–H and O–H groups in total. The van der Waals surface area contributed by atoms with Crippen LogP contribution in [0.2, 0.25) is 0 Å². The van der Waals surface area contributed by atoms with Crippen molar-refractivity contribution >= 4 is 0 Å². The van der Waals surface area contributed by atoms with E-state index in [1.165, 1.54) is 18.4 Å². The zero-order valence-electron chi connectivity index (χ0n) is 7.19. The quantitative estimate of drug-likeness (QED) is 0.510. The van der Waals surface area contributed by atoms with Crippen LogP contribution in [-0.2, 0) is 0 Å². The predicted molar refractivity (Wildman–Crippen MR) is 48.0 cm³/mol. The van der Waals surface area contributed by atoms with Crippen molar-refractivity contribution in [2.24, 2.45) is 5.92 Å². The molecule has 0 spiro atoms. The lowest BCUT2D eigenvalue weighted by atomic mass is 9.98. The van der Waals surface area contributed by atoms with Crippen LogP contribution in [0.25, 0.3) is 0 Å². The van der Waals surface area contributed by atoms with Gasteiger partial charge in [-0.2, -0.15) is 0 Å². The van der Waals surface area contributed by atoms with Crippen LogP contribution >= 0.6 is 0 Å². The monoisotopic (exact) mass is 138 g/mol. The van der Waals surface area contributed by atoms with Crippen molar-refractivity contribution in [3.8, 4) is 0 Å². The topological polar surface area (TPSA) is 0 Å². The van der Waals surface area contributed by atoms with Gasteiger partial charge in [0.15, 0.2) is 0 Å². The van der Waals surface area contributed by atoms with Crippen LogP contribution in [0.3, 0.4) is 0 Å². The Hall–Kier alpha value is -0.520. The Morgan fingerprint density at radius 3 is 2.50 bits per heavy atom. The molecule has 0 heteroatoms. The summed E-state index contributed by atoms with van der Waals surface area (Å²) in [5, 5.41) is 0. The lowest BCUT2D eigenvalue weighted by molar-refractivity contribution is 0.572. The van der Waals surface area contributed by atoms with Crippen molar-refractivity contribution in [2.45, 2.75) is 33.1 Å². The second-order valence-electron chi connectivity index (χ2n) is 2.90. The highest BCUT2D eigenvalue weighted by molar-refractivity contribution is 4.90. The molecule has 0 aromatic carbocycles. The van der Waals surface area contributed by atoms with Crippen molar-refractivity contribution in [1.29, 1.82) is 0 Å². The first-order valence-electron chi connectivity index (χ1n) is 3.97. The van der Waals surface area contributed by atoms with Gasteiger partial charge < -0.3 is 0 Å². The van der Waals surface area contributed by atoms with E-state index >= 15 is 0 Å². The van der Waals surface area contributed by atoms with Gasteiger partial charge in [0, 0.05) is 0 Å². The Bertz CT molecular complexity index is 111. The first-order chi connectivity index (χ1) is 4.70. The maximum absolute atomic E-state index is 3.86. The Labute approximate surface area is 64.6 Å². The first-order valence-corrected chi connectivity index (χ1v) is 3.97. The largest absolute Gasteiger partial charge is 0.103 e. The van der Waals surface area contributed by atoms with Crippen LogP contribution in [0, 0.1) is 5.92 Å². The molecule has 0 aromatic heterocycles. The van der Waals surface area contributed by atoms with E-state index in [1.54, 1.807) is 0 Å². The minimum absolute atomic E-state index is 0.691. The standard InChI is InChI=1S/C10H18/c1-5-10(6-2)8-7-9(3)4/h5,10H,1,3,6-8H2,2,4H3. The van der Waals surface area contributed by atoms with Gasteiger partial charge in [-0.25, -0.2) is 0 Å². The molecule has 58 valence electrons. The van der Waals surface area contributed by atoms with Crippen LogP contribution in [0.1, 0.15) is 33.1 Å². The van der Waals surface area contributed by atoms with Crippen molar-refractivity contribution in [3.05, 3.63) is 24.8 Å². The normalized spacial score (nSPS) is 12.6. The van der Waals surface area contributed by atoms with Gasteiger partial charge in [0.1, 0.15) is 0 Å². The van der Waals surface area contributed by atoms with Gasteiger partial charge in [0.2, 0.25) is 0 Å².